The quantitative estimate of drug-likeness (QED) is 0.240. The van der Waals surface area contributed by atoms with E-state index in [0.717, 1.165) is 18.8 Å². The van der Waals surface area contributed by atoms with Crippen molar-refractivity contribution in [3.05, 3.63) is 10.8 Å². The third-order valence-corrected chi connectivity index (χ3v) is 4.11. The van der Waals surface area contributed by atoms with Crippen molar-refractivity contribution < 1.29 is 4.79 Å². The second kappa shape index (κ2) is 15.4. The number of carbonyl (C=O) groups excluding carboxylic acids is 1. The van der Waals surface area contributed by atoms with E-state index in [1.165, 1.54) is 32.1 Å². The van der Waals surface area contributed by atoms with Gasteiger partial charge < -0.3 is 17.2 Å². The van der Waals surface area contributed by atoms with Crippen molar-refractivity contribution in [1.29, 1.82) is 0 Å². The summed E-state index contributed by atoms with van der Waals surface area (Å²) in [5.41, 5.74) is 16.7. The average Bonchev–Trinajstić information content (AvgIpc) is 2.56. The number of halogens is 3. The minimum Gasteiger partial charge on any atom is -0.382 e. The molecule has 0 aliphatic carbocycles. The Balaban J connectivity index is 0. The third kappa shape index (κ3) is 11.4. The minimum atomic E-state index is -0.622. The SMILES string of the molecule is CC(C)CCCCCCCCN=C(N)NC(=O)c1nc(Cl)c(N)nc1N.Cl.Cl. The van der Waals surface area contributed by atoms with Crippen LogP contribution in [0.25, 0.3) is 0 Å². The molecule has 1 aromatic rings. The lowest BCUT2D eigenvalue weighted by atomic mass is 10.0. The Morgan fingerprint density at radius 2 is 1.61 bits per heavy atom. The monoisotopic (exact) mass is 455 g/mol. The molecule has 0 bridgehead atoms. The van der Waals surface area contributed by atoms with Gasteiger partial charge in [-0.1, -0.05) is 64.0 Å². The van der Waals surface area contributed by atoms with Gasteiger partial charge in [-0.25, -0.2) is 9.97 Å². The summed E-state index contributed by atoms with van der Waals surface area (Å²) in [5.74, 6) is 0.0266. The molecule has 0 aliphatic heterocycles. The maximum atomic E-state index is 12.1. The van der Waals surface area contributed by atoms with E-state index < -0.39 is 5.91 Å². The fraction of sp³-hybridized carbons (Fsp3) is 0.647. The highest BCUT2D eigenvalue weighted by Gasteiger charge is 2.16. The lowest BCUT2D eigenvalue weighted by Crippen LogP contribution is -2.38. The Bertz CT molecular complexity index is 627. The number of aliphatic imine (C=N–C) groups is 1. The van der Waals surface area contributed by atoms with Gasteiger partial charge in [0.25, 0.3) is 5.91 Å². The molecule has 0 saturated carbocycles. The van der Waals surface area contributed by atoms with Crippen LogP contribution in [-0.4, -0.2) is 28.4 Å². The number of nitrogens with zero attached hydrogens (tertiary/aromatic N) is 3. The first kappa shape index (κ1) is 28.7. The molecule has 1 rings (SSSR count). The van der Waals surface area contributed by atoms with E-state index in [4.69, 9.17) is 28.8 Å². The molecule has 0 spiro atoms. The van der Waals surface area contributed by atoms with Crippen molar-refractivity contribution in [2.45, 2.75) is 58.8 Å². The molecule has 8 nitrogen and oxygen atoms in total. The van der Waals surface area contributed by atoms with Gasteiger partial charge in [-0.15, -0.1) is 24.8 Å². The molecule has 0 radical (unpaired) electrons. The second-order valence-corrected chi connectivity index (χ2v) is 7.02. The van der Waals surface area contributed by atoms with Gasteiger partial charge in [0.05, 0.1) is 0 Å². The van der Waals surface area contributed by atoms with Crippen molar-refractivity contribution in [2.24, 2.45) is 16.6 Å². The van der Waals surface area contributed by atoms with E-state index in [1.807, 2.05) is 0 Å². The number of nitrogen functional groups attached to an aromatic ring is 2. The summed E-state index contributed by atoms with van der Waals surface area (Å²) < 4.78 is 0. The maximum Gasteiger partial charge on any atom is 0.280 e. The number of carbonyl (C=O) groups is 1. The zero-order chi connectivity index (χ0) is 19.5. The Hall–Kier alpha value is -1.51. The van der Waals surface area contributed by atoms with Crippen LogP contribution < -0.4 is 22.5 Å². The minimum absolute atomic E-state index is 0. The number of hydrogen-bond acceptors (Lipinski definition) is 6. The third-order valence-electron chi connectivity index (χ3n) is 3.83. The van der Waals surface area contributed by atoms with Crippen LogP contribution in [0.4, 0.5) is 11.6 Å². The highest BCUT2D eigenvalue weighted by molar-refractivity contribution is 6.31. The van der Waals surface area contributed by atoms with Crippen LogP contribution in [0.15, 0.2) is 4.99 Å². The first-order valence-corrected chi connectivity index (χ1v) is 9.38. The Morgan fingerprint density at radius 3 is 2.21 bits per heavy atom. The zero-order valence-electron chi connectivity index (χ0n) is 16.4. The summed E-state index contributed by atoms with van der Waals surface area (Å²) in [5, 5.41) is 2.33. The number of nitrogens with two attached hydrogens (primary N) is 3. The van der Waals surface area contributed by atoms with Gasteiger partial charge in [-0.2, -0.15) is 0 Å². The normalized spacial score (nSPS) is 10.9. The van der Waals surface area contributed by atoms with Gasteiger partial charge in [-0.3, -0.25) is 15.1 Å². The summed E-state index contributed by atoms with van der Waals surface area (Å²) >= 11 is 5.75. The van der Waals surface area contributed by atoms with Crippen LogP contribution in [0, 0.1) is 5.92 Å². The molecule has 1 aromatic heterocycles. The molecule has 0 unspecified atom stereocenters. The first-order valence-electron chi connectivity index (χ1n) is 9.01. The summed E-state index contributed by atoms with van der Waals surface area (Å²) in [7, 11) is 0. The van der Waals surface area contributed by atoms with E-state index >= 15 is 0 Å². The summed E-state index contributed by atoms with van der Waals surface area (Å²) in [6.07, 6.45) is 8.35. The standard InChI is InChI=1S/C17H30ClN7O.2ClH/c1-11(2)9-7-5-3-4-6-8-10-22-17(21)25-16(26)12-14(19)24-15(20)13(18)23-12;;/h11H,3-10H2,1-2H3,(H4,19,20,24)(H3,21,22,25,26);2*1H. The topological polar surface area (TPSA) is 145 Å². The van der Waals surface area contributed by atoms with Gasteiger partial charge in [0.15, 0.2) is 28.4 Å². The molecule has 0 atom stereocenters. The smallest absolute Gasteiger partial charge is 0.280 e. The van der Waals surface area contributed by atoms with Crippen LogP contribution >= 0.6 is 36.4 Å². The fourth-order valence-corrected chi connectivity index (χ4v) is 2.52. The van der Waals surface area contributed by atoms with Crippen molar-refractivity contribution in [3.63, 3.8) is 0 Å². The summed E-state index contributed by atoms with van der Waals surface area (Å²) in [4.78, 5) is 23.8. The molecule has 0 aromatic carbocycles. The number of amides is 1. The molecule has 28 heavy (non-hydrogen) atoms. The van der Waals surface area contributed by atoms with Gasteiger partial charge >= 0.3 is 0 Å². The summed E-state index contributed by atoms with van der Waals surface area (Å²) in [6.45, 7) is 5.07. The number of nitrogens with one attached hydrogen (secondary N) is 1. The summed E-state index contributed by atoms with van der Waals surface area (Å²) in [6, 6.07) is 0. The van der Waals surface area contributed by atoms with Crippen LogP contribution in [0.1, 0.15) is 69.3 Å². The van der Waals surface area contributed by atoms with Crippen LogP contribution in [0.2, 0.25) is 5.15 Å². The number of anilines is 2. The molecule has 0 saturated heterocycles. The van der Waals surface area contributed by atoms with Crippen molar-refractivity contribution in [1.82, 2.24) is 15.3 Å². The van der Waals surface area contributed by atoms with E-state index in [9.17, 15) is 4.79 Å². The number of guanidine groups is 1. The molecule has 0 fully saturated rings. The molecule has 11 heteroatoms. The van der Waals surface area contributed by atoms with Gasteiger partial charge in [0.1, 0.15) is 0 Å². The van der Waals surface area contributed by atoms with Gasteiger partial charge in [-0.05, 0) is 12.3 Å². The highest BCUT2D eigenvalue weighted by atomic mass is 35.5. The van der Waals surface area contributed by atoms with Crippen LogP contribution in [-0.2, 0) is 0 Å². The number of rotatable bonds is 10. The molecular weight excluding hydrogens is 425 g/mol. The number of aromatic nitrogens is 2. The van der Waals surface area contributed by atoms with Crippen molar-refractivity contribution >= 4 is 59.9 Å². The van der Waals surface area contributed by atoms with Gasteiger partial charge in [0, 0.05) is 6.54 Å². The van der Waals surface area contributed by atoms with E-state index in [-0.39, 0.29) is 53.3 Å². The zero-order valence-corrected chi connectivity index (χ0v) is 18.8. The second-order valence-electron chi connectivity index (χ2n) is 6.66. The first-order chi connectivity index (χ1) is 12.3. The molecule has 0 aliphatic rings. The number of unbranched alkanes of at least 4 members (excludes halogenated alkanes) is 5. The van der Waals surface area contributed by atoms with Crippen LogP contribution in [0.5, 0.6) is 0 Å². The van der Waals surface area contributed by atoms with Gasteiger partial charge in [0.2, 0.25) is 0 Å². The van der Waals surface area contributed by atoms with Crippen LogP contribution in [0.3, 0.4) is 0 Å². The lowest BCUT2D eigenvalue weighted by Gasteiger charge is -2.07. The van der Waals surface area contributed by atoms with E-state index in [2.05, 4.69) is 34.1 Å². The Morgan fingerprint density at radius 1 is 1.04 bits per heavy atom. The molecule has 162 valence electrons. The van der Waals surface area contributed by atoms with Crippen molar-refractivity contribution in [3.8, 4) is 0 Å². The predicted molar refractivity (Wildman–Crippen MR) is 121 cm³/mol. The molecule has 7 N–H and O–H groups in total. The molecule has 1 amide bonds. The fourth-order valence-electron chi connectivity index (χ4n) is 2.39. The lowest BCUT2D eigenvalue weighted by molar-refractivity contribution is 0.0972. The number of hydrogen-bond donors (Lipinski definition) is 4. The molecular formula is C17H32Cl3N7O. The van der Waals surface area contributed by atoms with E-state index in [0.29, 0.717) is 6.54 Å². The molecule has 1 heterocycles. The Kier molecular flexibility index (Phi) is 15.8. The van der Waals surface area contributed by atoms with Crippen molar-refractivity contribution in [2.75, 3.05) is 18.0 Å². The van der Waals surface area contributed by atoms with E-state index in [1.54, 1.807) is 0 Å². The highest BCUT2D eigenvalue weighted by Crippen LogP contribution is 2.17. The maximum absolute atomic E-state index is 12.1. The predicted octanol–water partition coefficient (Wildman–Crippen LogP) is 3.57. The Labute approximate surface area is 184 Å². The average molecular weight is 457 g/mol. The largest absolute Gasteiger partial charge is 0.382 e.